The summed E-state index contributed by atoms with van der Waals surface area (Å²) in [6.07, 6.45) is 0.975. The molecule has 2 N–H and O–H groups in total. The summed E-state index contributed by atoms with van der Waals surface area (Å²) in [6.45, 7) is 1.71. The summed E-state index contributed by atoms with van der Waals surface area (Å²) in [5.74, 6) is 4.28. The van der Waals surface area contributed by atoms with Crippen LogP contribution in [-0.2, 0) is 0 Å². The Labute approximate surface area is 102 Å². The summed E-state index contributed by atoms with van der Waals surface area (Å²) in [5, 5.41) is 0. The van der Waals surface area contributed by atoms with E-state index in [1.807, 2.05) is 0 Å². The average molecular weight is 288 g/mol. The third-order valence-corrected chi connectivity index (χ3v) is 2.63. The summed E-state index contributed by atoms with van der Waals surface area (Å²) >= 11 is 3.02. The first-order valence-corrected chi connectivity index (χ1v) is 5.65. The topological polar surface area (TPSA) is 26.0 Å². The molecule has 1 atom stereocenters. The Hall–Kier alpha value is -0.920. The van der Waals surface area contributed by atoms with Crippen LogP contribution in [0.1, 0.15) is 31.4 Å². The number of hydrogen-bond acceptors (Lipinski definition) is 1. The fourth-order valence-corrected chi connectivity index (χ4v) is 1.81. The van der Waals surface area contributed by atoms with Crippen molar-refractivity contribution in [2.24, 2.45) is 5.73 Å². The van der Waals surface area contributed by atoms with Gasteiger partial charge in [0.05, 0.1) is 0 Å². The molecule has 4 heteroatoms. The van der Waals surface area contributed by atoms with E-state index in [1.165, 1.54) is 12.1 Å². The Morgan fingerprint density at radius 2 is 1.94 bits per heavy atom. The Morgan fingerprint density at radius 3 is 2.44 bits per heavy atom. The summed E-state index contributed by atoms with van der Waals surface area (Å²) in [5.41, 5.74) is 5.66. The minimum atomic E-state index is -0.658. The monoisotopic (exact) mass is 287 g/mol. The van der Waals surface area contributed by atoms with Crippen LogP contribution in [-0.4, -0.2) is 0 Å². The van der Waals surface area contributed by atoms with Gasteiger partial charge in [0, 0.05) is 22.5 Å². The second kappa shape index (κ2) is 5.97. The van der Waals surface area contributed by atoms with Gasteiger partial charge in [0.25, 0.3) is 0 Å². The maximum absolute atomic E-state index is 13.5. The second-order valence-corrected chi connectivity index (χ2v) is 4.27. The SMILES string of the molecule is CC#CCCC(N)c1c(F)cc(Br)cc1F. The van der Waals surface area contributed by atoms with Crippen LogP contribution in [0.5, 0.6) is 0 Å². The highest BCUT2D eigenvalue weighted by atomic mass is 79.9. The van der Waals surface area contributed by atoms with E-state index in [4.69, 9.17) is 5.73 Å². The lowest BCUT2D eigenvalue weighted by Gasteiger charge is -2.12. The van der Waals surface area contributed by atoms with Crippen molar-refractivity contribution in [2.45, 2.75) is 25.8 Å². The molecule has 0 heterocycles. The van der Waals surface area contributed by atoms with Gasteiger partial charge >= 0.3 is 0 Å². The Balaban J connectivity index is 2.89. The normalized spacial score (nSPS) is 11.8. The van der Waals surface area contributed by atoms with Crippen molar-refractivity contribution in [3.05, 3.63) is 33.8 Å². The van der Waals surface area contributed by atoms with E-state index in [-0.39, 0.29) is 5.56 Å². The lowest BCUT2D eigenvalue weighted by Crippen LogP contribution is -2.14. The van der Waals surface area contributed by atoms with E-state index in [2.05, 4.69) is 27.8 Å². The summed E-state index contributed by atoms with van der Waals surface area (Å²) in [7, 11) is 0. The van der Waals surface area contributed by atoms with E-state index >= 15 is 0 Å². The summed E-state index contributed by atoms with van der Waals surface area (Å²) in [6, 6.07) is 1.77. The van der Waals surface area contributed by atoms with Gasteiger partial charge in [-0.2, -0.15) is 0 Å². The number of nitrogens with two attached hydrogens (primary N) is 1. The van der Waals surface area contributed by atoms with Crippen LogP contribution in [0.2, 0.25) is 0 Å². The average Bonchev–Trinajstić information content (AvgIpc) is 2.16. The van der Waals surface area contributed by atoms with Crippen LogP contribution in [0.3, 0.4) is 0 Å². The van der Waals surface area contributed by atoms with Crippen molar-refractivity contribution in [3.8, 4) is 11.8 Å². The molecule has 0 fully saturated rings. The Morgan fingerprint density at radius 1 is 1.38 bits per heavy atom. The molecule has 0 aliphatic carbocycles. The van der Waals surface area contributed by atoms with Gasteiger partial charge in [0.1, 0.15) is 11.6 Å². The molecule has 0 radical (unpaired) electrons. The minimum absolute atomic E-state index is 0.0684. The van der Waals surface area contributed by atoms with Gasteiger partial charge in [-0.15, -0.1) is 11.8 Å². The molecular formula is C12H12BrF2N. The molecular weight excluding hydrogens is 276 g/mol. The fraction of sp³-hybridized carbons (Fsp3) is 0.333. The van der Waals surface area contributed by atoms with Crippen molar-refractivity contribution in [3.63, 3.8) is 0 Å². The maximum Gasteiger partial charge on any atom is 0.132 e. The Kier molecular flexibility index (Phi) is 4.91. The Bertz CT molecular complexity index is 411. The van der Waals surface area contributed by atoms with Crippen molar-refractivity contribution in [1.29, 1.82) is 0 Å². The predicted octanol–water partition coefficient (Wildman–Crippen LogP) is 3.53. The van der Waals surface area contributed by atoms with Crippen molar-refractivity contribution >= 4 is 15.9 Å². The predicted molar refractivity (Wildman–Crippen MR) is 63.7 cm³/mol. The minimum Gasteiger partial charge on any atom is -0.324 e. The van der Waals surface area contributed by atoms with Crippen LogP contribution >= 0.6 is 15.9 Å². The molecule has 1 aromatic rings. The molecule has 1 aromatic carbocycles. The molecule has 0 amide bonds. The van der Waals surface area contributed by atoms with Crippen molar-refractivity contribution in [1.82, 2.24) is 0 Å². The third kappa shape index (κ3) is 3.29. The van der Waals surface area contributed by atoms with Crippen LogP contribution in [0.15, 0.2) is 16.6 Å². The molecule has 0 aromatic heterocycles. The first-order chi connectivity index (χ1) is 7.56. The zero-order valence-electron chi connectivity index (χ0n) is 8.86. The number of hydrogen-bond donors (Lipinski definition) is 1. The molecule has 1 unspecified atom stereocenters. The molecule has 1 nitrogen and oxygen atoms in total. The highest BCUT2D eigenvalue weighted by molar-refractivity contribution is 9.10. The lowest BCUT2D eigenvalue weighted by atomic mass is 10.0. The van der Waals surface area contributed by atoms with E-state index < -0.39 is 17.7 Å². The first kappa shape index (κ1) is 13.1. The highest BCUT2D eigenvalue weighted by Gasteiger charge is 2.16. The zero-order chi connectivity index (χ0) is 12.1. The maximum atomic E-state index is 13.5. The summed E-state index contributed by atoms with van der Waals surface area (Å²) in [4.78, 5) is 0. The number of halogens is 3. The molecule has 0 saturated carbocycles. The molecule has 0 aliphatic heterocycles. The van der Waals surface area contributed by atoms with Gasteiger partial charge in [-0.25, -0.2) is 8.78 Å². The van der Waals surface area contributed by atoms with Crippen LogP contribution in [0, 0.1) is 23.5 Å². The van der Waals surface area contributed by atoms with E-state index in [1.54, 1.807) is 6.92 Å². The molecule has 1 rings (SSSR count). The van der Waals surface area contributed by atoms with E-state index in [9.17, 15) is 8.78 Å². The molecule has 0 spiro atoms. The van der Waals surface area contributed by atoms with Crippen molar-refractivity contribution in [2.75, 3.05) is 0 Å². The molecule has 16 heavy (non-hydrogen) atoms. The van der Waals surface area contributed by atoms with E-state index in [0.29, 0.717) is 17.3 Å². The van der Waals surface area contributed by atoms with Crippen molar-refractivity contribution < 1.29 is 8.78 Å². The smallest absolute Gasteiger partial charge is 0.132 e. The standard InChI is InChI=1S/C12H12BrF2N/c1-2-3-4-5-11(16)12-9(14)6-8(13)7-10(12)15/h6-7,11H,4-5,16H2,1H3. The van der Waals surface area contributed by atoms with E-state index in [0.717, 1.165) is 0 Å². The van der Waals surface area contributed by atoms with Gasteiger partial charge in [-0.3, -0.25) is 0 Å². The second-order valence-electron chi connectivity index (χ2n) is 3.36. The number of benzene rings is 1. The van der Waals surface area contributed by atoms with Crippen LogP contribution < -0.4 is 5.73 Å². The zero-order valence-corrected chi connectivity index (χ0v) is 10.4. The quantitative estimate of drug-likeness (QED) is 0.846. The van der Waals surface area contributed by atoms with Gasteiger partial charge < -0.3 is 5.73 Å². The van der Waals surface area contributed by atoms with Gasteiger partial charge in [0.15, 0.2) is 0 Å². The molecule has 0 saturated heterocycles. The van der Waals surface area contributed by atoms with Gasteiger partial charge in [-0.05, 0) is 25.5 Å². The third-order valence-electron chi connectivity index (χ3n) is 2.17. The van der Waals surface area contributed by atoms with Gasteiger partial charge in [-0.1, -0.05) is 15.9 Å². The highest BCUT2D eigenvalue weighted by Crippen LogP contribution is 2.25. The summed E-state index contributed by atoms with van der Waals surface area (Å²) < 4.78 is 27.3. The molecule has 86 valence electrons. The lowest BCUT2D eigenvalue weighted by molar-refractivity contribution is 0.514. The van der Waals surface area contributed by atoms with Gasteiger partial charge in [0.2, 0.25) is 0 Å². The fourth-order valence-electron chi connectivity index (χ4n) is 1.40. The molecule has 0 aliphatic rings. The molecule has 0 bridgehead atoms. The van der Waals surface area contributed by atoms with Crippen LogP contribution in [0.25, 0.3) is 0 Å². The van der Waals surface area contributed by atoms with Crippen LogP contribution in [0.4, 0.5) is 8.78 Å². The first-order valence-electron chi connectivity index (χ1n) is 4.86. The largest absolute Gasteiger partial charge is 0.324 e. The number of rotatable bonds is 3.